The number of carbonyl (C=O) groups is 1. The third kappa shape index (κ3) is 5.92. The number of rotatable bonds is 9. The summed E-state index contributed by atoms with van der Waals surface area (Å²) in [4.78, 5) is 26.4. The Balaban J connectivity index is 1.10. The van der Waals surface area contributed by atoms with Gasteiger partial charge in [0.1, 0.15) is 29.5 Å². The van der Waals surface area contributed by atoms with E-state index in [0.29, 0.717) is 41.5 Å². The summed E-state index contributed by atoms with van der Waals surface area (Å²) < 4.78 is 27.8. The molecule has 0 saturated carbocycles. The van der Waals surface area contributed by atoms with Gasteiger partial charge in [-0.05, 0) is 74.2 Å². The standard InChI is InChI=1S/C31H30FN5O4/c1-33-23-6-5-22(26(32)16-23)19-41-24-4-2-3-21(15-24)20-9-12-36(13-10-20)18-29-34-27-7-8-28(31(38)39)35-30(27)37(29)17-25-11-14-40-25/h2-8,15-16,20,25H,9-14,17-19H2,(H,38,39)/t25-/m0/s1. The maximum atomic E-state index is 14.3. The van der Waals surface area contributed by atoms with Crippen molar-refractivity contribution in [1.82, 2.24) is 19.4 Å². The molecule has 0 bridgehead atoms. The van der Waals surface area contributed by atoms with Crippen LogP contribution in [0.3, 0.4) is 0 Å². The average molecular weight is 556 g/mol. The lowest BCUT2D eigenvalue weighted by Crippen LogP contribution is -2.35. The zero-order chi connectivity index (χ0) is 28.3. The molecule has 0 amide bonds. The van der Waals surface area contributed by atoms with Gasteiger partial charge in [0, 0.05) is 12.2 Å². The van der Waals surface area contributed by atoms with Crippen LogP contribution in [0.1, 0.15) is 52.6 Å². The largest absolute Gasteiger partial charge is 0.489 e. The Morgan fingerprint density at radius 1 is 1.12 bits per heavy atom. The first-order valence-electron chi connectivity index (χ1n) is 13.8. The van der Waals surface area contributed by atoms with Crippen LogP contribution in [0.2, 0.25) is 0 Å². The zero-order valence-corrected chi connectivity index (χ0v) is 22.5. The highest BCUT2D eigenvalue weighted by Gasteiger charge is 2.26. The molecule has 0 spiro atoms. The summed E-state index contributed by atoms with van der Waals surface area (Å²) in [6.07, 6.45) is 3.01. The summed E-state index contributed by atoms with van der Waals surface area (Å²) >= 11 is 0. The Morgan fingerprint density at radius 3 is 2.66 bits per heavy atom. The van der Waals surface area contributed by atoms with Gasteiger partial charge in [0.15, 0.2) is 17.0 Å². The third-order valence-electron chi connectivity index (χ3n) is 7.91. The van der Waals surface area contributed by atoms with Gasteiger partial charge < -0.3 is 19.1 Å². The van der Waals surface area contributed by atoms with E-state index in [0.717, 1.165) is 44.8 Å². The molecule has 1 atom stereocenters. The number of aromatic carboxylic acids is 1. The second kappa shape index (κ2) is 11.6. The van der Waals surface area contributed by atoms with Gasteiger partial charge in [-0.2, -0.15) is 0 Å². The molecule has 41 heavy (non-hydrogen) atoms. The molecule has 0 radical (unpaired) electrons. The second-order valence-electron chi connectivity index (χ2n) is 10.6. The Labute approximate surface area is 237 Å². The van der Waals surface area contributed by atoms with Crippen LogP contribution in [0, 0.1) is 12.4 Å². The molecule has 2 saturated heterocycles. The van der Waals surface area contributed by atoms with Gasteiger partial charge in [0.05, 0.1) is 25.8 Å². The Kier molecular flexibility index (Phi) is 7.63. The number of piperidine rings is 1. The fraction of sp³-hybridized carbons (Fsp3) is 0.355. The van der Waals surface area contributed by atoms with Crippen LogP contribution in [0.25, 0.3) is 16.0 Å². The lowest BCUT2D eigenvalue weighted by atomic mass is 9.89. The van der Waals surface area contributed by atoms with Gasteiger partial charge in [-0.3, -0.25) is 4.90 Å². The average Bonchev–Trinajstić information content (AvgIpc) is 3.30. The highest BCUT2D eigenvalue weighted by atomic mass is 19.1. The Morgan fingerprint density at radius 2 is 1.95 bits per heavy atom. The number of pyridine rings is 1. The first-order chi connectivity index (χ1) is 20.0. The summed E-state index contributed by atoms with van der Waals surface area (Å²) in [5.74, 6) is 0.454. The number of fused-ring (bicyclic) bond motifs is 1. The van der Waals surface area contributed by atoms with E-state index in [1.165, 1.54) is 17.7 Å². The number of aromatic nitrogens is 3. The van der Waals surface area contributed by atoms with Crippen molar-refractivity contribution < 1.29 is 23.8 Å². The fourth-order valence-corrected chi connectivity index (χ4v) is 5.48. The molecule has 2 aliphatic heterocycles. The SMILES string of the molecule is [C-]#[N+]c1ccc(COc2cccc(C3CCN(Cc4nc5ccc(C(=O)O)nc5n4C[C@@H]4CCO4)CC3)c2)c(F)c1. The minimum Gasteiger partial charge on any atom is -0.489 e. The maximum Gasteiger partial charge on any atom is 0.354 e. The molecular weight excluding hydrogens is 525 g/mol. The number of ether oxygens (including phenoxy) is 2. The Bertz CT molecular complexity index is 1620. The first-order valence-corrected chi connectivity index (χ1v) is 13.8. The molecule has 6 rings (SSSR count). The van der Waals surface area contributed by atoms with Crippen LogP contribution in [0.5, 0.6) is 5.75 Å². The van der Waals surface area contributed by atoms with Crippen LogP contribution in [-0.4, -0.2) is 56.3 Å². The van der Waals surface area contributed by atoms with Crippen molar-refractivity contribution in [1.29, 1.82) is 0 Å². The van der Waals surface area contributed by atoms with E-state index in [4.69, 9.17) is 21.0 Å². The summed E-state index contributed by atoms with van der Waals surface area (Å²) in [6.45, 7) is 10.9. The highest BCUT2D eigenvalue weighted by Crippen LogP contribution is 2.31. The molecule has 2 aromatic carbocycles. The molecular formula is C31H30FN5O4. The summed E-state index contributed by atoms with van der Waals surface area (Å²) in [5, 5.41) is 9.43. The van der Waals surface area contributed by atoms with Crippen LogP contribution in [-0.2, 0) is 24.4 Å². The summed E-state index contributed by atoms with van der Waals surface area (Å²) in [7, 11) is 0. The number of carboxylic acids is 1. The minimum atomic E-state index is -1.06. The number of likely N-dealkylation sites (tertiary alicyclic amines) is 1. The van der Waals surface area contributed by atoms with Crippen LogP contribution in [0.15, 0.2) is 54.6 Å². The quantitative estimate of drug-likeness (QED) is 0.270. The van der Waals surface area contributed by atoms with Gasteiger partial charge >= 0.3 is 5.97 Å². The van der Waals surface area contributed by atoms with E-state index in [9.17, 15) is 14.3 Å². The summed E-state index contributed by atoms with van der Waals surface area (Å²) in [5.41, 5.74) is 3.18. The van der Waals surface area contributed by atoms with Gasteiger partial charge in [-0.15, -0.1) is 0 Å². The number of hydrogen-bond donors (Lipinski definition) is 1. The molecule has 0 aliphatic carbocycles. The van der Waals surface area contributed by atoms with Crippen LogP contribution < -0.4 is 4.74 Å². The highest BCUT2D eigenvalue weighted by molar-refractivity contribution is 5.88. The maximum absolute atomic E-state index is 14.3. The van der Waals surface area contributed by atoms with Crippen LogP contribution >= 0.6 is 0 Å². The predicted octanol–water partition coefficient (Wildman–Crippen LogP) is 5.57. The van der Waals surface area contributed by atoms with E-state index in [2.05, 4.69) is 20.8 Å². The lowest BCUT2D eigenvalue weighted by molar-refractivity contribution is -0.0593. The normalized spacial score (nSPS) is 17.7. The number of hydrogen-bond acceptors (Lipinski definition) is 6. The van der Waals surface area contributed by atoms with Gasteiger partial charge in [-0.1, -0.05) is 24.3 Å². The molecule has 4 aromatic rings. The monoisotopic (exact) mass is 555 g/mol. The second-order valence-corrected chi connectivity index (χ2v) is 10.6. The van der Waals surface area contributed by atoms with Crippen molar-refractivity contribution in [3.63, 3.8) is 0 Å². The molecule has 210 valence electrons. The van der Waals surface area contributed by atoms with E-state index in [1.54, 1.807) is 18.2 Å². The zero-order valence-electron chi connectivity index (χ0n) is 22.5. The Hall–Kier alpha value is -4.33. The van der Waals surface area contributed by atoms with E-state index in [1.807, 2.05) is 22.8 Å². The lowest BCUT2D eigenvalue weighted by Gasteiger charge is -2.32. The summed E-state index contributed by atoms with van der Waals surface area (Å²) in [6, 6.07) is 15.6. The molecule has 2 aliphatic rings. The van der Waals surface area contributed by atoms with Gasteiger partial charge in [0.25, 0.3) is 0 Å². The van der Waals surface area contributed by atoms with Crippen LogP contribution in [0.4, 0.5) is 10.1 Å². The number of carboxylic acid groups (broad SMARTS) is 1. The van der Waals surface area contributed by atoms with Gasteiger partial charge in [-0.25, -0.2) is 24.0 Å². The number of benzene rings is 2. The minimum absolute atomic E-state index is 0.00916. The third-order valence-corrected chi connectivity index (χ3v) is 7.91. The van der Waals surface area contributed by atoms with Crippen molar-refractivity contribution in [2.75, 3.05) is 19.7 Å². The molecule has 2 fully saturated rings. The van der Waals surface area contributed by atoms with Crippen molar-refractivity contribution in [2.45, 2.75) is 51.0 Å². The van der Waals surface area contributed by atoms with Gasteiger partial charge in [0.2, 0.25) is 0 Å². The predicted molar refractivity (Wildman–Crippen MR) is 150 cm³/mol. The van der Waals surface area contributed by atoms with E-state index < -0.39 is 11.8 Å². The van der Waals surface area contributed by atoms with E-state index >= 15 is 0 Å². The molecule has 9 nitrogen and oxygen atoms in total. The molecule has 2 aromatic heterocycles. The number of nitrogens with zero attached hydrogens (tertiary/aromatic N) is 5. The van der Waals surface area contributed by atoms with Crippen molar-refractivity contribution in [2.24, 2.45) is 0 Å². The molecule has 0 unspecified atom stereocenters. The molecule has 4 heterocycles. The topological polar surface area (TPSA) is 94.1 Å². The fourth-order valence-electron chi connectivity index (χ4n) is 5.48. The van der Waals surface area contributed by atoms with Crippen molar-refractivity contribution in [3.8, 4) is 5.75 Å². The van der Waals surface area contributed by atoms with Crippen molar-refractivity contribution in [3.05, 3.63) is 94.5 Å². The molecule has 10 heteroatoms. The van der Waals surface area contributed by atoms with Crippen molar-refractivity contribution >= 4 is 22.8 Å². The van der Waals surface area contributed by atoms with E-state index in [-0.39, 0.29) is 24.1 Å². The smallest absolute Gasteiger partial charge is 0.354 e. The molecule has 1 N–H and O–H groups in total. The number of imidazole rings is 1. The first kappa shape index (κ1) is 26.9. The number of halogens is 1.